The minimum Gasteiger partial charge on any atom is -0.478 e. The van der Waals surface area contributed by atoms with Gasteiger partial charge in [0.25, 0.3) is 5.91 Å². The third-order valence-corrected chi connectivity index (χ3v) is 3.03. The average molecular weight is 278 g/mol. The van der Waals surface area contributed by atoms with Gasteiger partial charge in [0.15, 0.2) is 0 Å². The van der Waals surface area contributed by atoms with Gasteiger partial charge in [-0.15, -0.1) is 11.3 Å². The lowest BCUT2D eigenvalue weighted by Gasteiger charge is -1.96. The van der Waals surface area contributed by atoms with Crippen LogP contribution >= 0.6 is 11.3 Å². The predicted octanol–water partition coefficient (Wildman–Crippen LogP) is 2.39. The van der Waals surface area contributed by atoms with Gasteiger partial charge in [-0.1, -0.05) is 5.16 Å². The van der Waals surface area contributed by atoms with E-state index in [1.54, 1.807) is 24.4 Å². The van der Waals surface area contributed by atoms with Gasteiger partial charge in [0, 0.05) is 22.4 Å². The number of amides is 1. The number of thiophene rings is 1. The second-order valence-electron chi connectivity index (χ2n) is 3.70. The van der Waals surface area contributed by atoms with Crippen LogP contribution in [0.3, 0.4) is 0 Å². The van der Waals surface area contributed by atoms with Crippen LogP contribution in [0.4, 0.5) is 5.88 Å². The van der Waals surface area contributed by atoms with Crippen molar-refractivity contribution in [2.24, 2.45) is 0 Å². The molecular weight excluding hydrogens is 268 g/mol. The van der Waals surface area contributed by atoms with Crippen molar-refractivity contribution < 1.29 is 19.2 Å². The molecule has 0 aliphatic rings. The summed E-state index contributed by atoms with van der Waals surface area (Å²) in [7, 11) is 0. The van der Waals surface area contributed by atoms with Crippen molar-refractivity contribution in [1.29, 1.82) is 0 Å². The van der Waals surface area contributed by atoms with E-state index < -0.39 is 5.97 Å². The summed E-state index contributed by atoms with van der Waals surface area (Å²) in [5.74, 6) is -1.09. The number of carbonyl (C=O) groups is 2. The number of carboxylic acid groups (broad SMARTS) is 1. The van der Waals surface area contributed by atoms with E-state index in [0.29, 0.717) is 16.1 Å². The summed E-state index contributed by atoms with van der Waals surface area (Å²) >= 11 is 1.28. The highest BCUT2D eigenvalue weighted by Gasteiger charge is 2.10. The number of aromatic nitrogens is 1. The Balaban J connectivity index is 2.06. The summed E-state index contributed by atoms with van der Waals surface area (Å²) in [5.41, 5.74) is 1.11. The monoisotopic (exact) mass is 278 g/mol. The minimum absolute atomic E-state index is 0.274. The Hall–Kier alpha value is -2.41. The number of carboxylic acids is 1. The van der Waals surface area contributed by atoms with E-state index in [0.717, 1.165) is 6.08 Å². The molecule has 0 saturated heterocycles. The standard InChI is InChI=1S/C12H10N2O4S/c1-7-4-10(18-14-7)13-12(17)8-5-9(19-6-8)2-3-11(15)16/h2-6H,1H3,(H,13,17)(H,15,16). The maximum absolute atomic E-state index is 11.8. The smallest absolute Gasteiger partial charge is 0.328 e. The van der Waals surface area contributed by atoms with Crippen LogP contribution in [0.2, 0.25) is 0 Å². The number of aryl methyl sites for hydroxylation is 1. The van der Waals surface area contributed by atoms with Crippen LogP contribution < -0.4 is 5.32 Å². The molecule has 2 aromatic heterocycles. The summed E-state index contributed by atoms with van der Waals surface area (Å²) in [6, 6.07) is 3.21. The first kappa shape index (κ1) is 13.0. The van der Waals surface area contributed by atoms with Gasteiger partial charge in [0.1, 0.15) is 0 Å². The minimum atomic E-state index is -1.03. The van der Waals surface area contributed by atoms with Crippen LogP contribution in [0.25, 0.3) is 6.08 Å². The third-order valence-electron chi connectivity index (χ3n) is 2.14. The van der Waals surface area contributed by atoms with Crippen molar-refractivity contribution >= 4 is 35.2 Å². The Bertz CT molecular complexity index is 642. The highest BCUT2D eigenvalue weighted by Crippen LogP contribution is 2.18. The molecule has 0 saturated carbocycles. The second-order valence-corrected chi connectivity index (χ2v) is 4.64. The van der Waals surface area contributed by atoms with Gasteiger partial charge >= 0.3 is 5.97 Å². The molecule has 6 nitrogen and oxygen atoms in total. The topological polar surface area (TPSA) is 92.4 Å². The number of hydrogen-bond donors (Lipinski definition) is 2. The fourth-order valence-corrected chi connectivity index (χ4v) is 2.10. The van der Waals surface area contributed by atoms with Crippen LogP contribution in [-0.4, -0.2) is 22.1 Å². The number of hydrogen-bond acceptors (Lipinski definition) is 5. The molecule has 98 valence electrons. The molecule has 19 heavy (non-hydrogen) atoms. The second kappa shape index (κ2) is 5.49. The molecule has 0 aliphatic carbocycles. The third kappa shape index (κ3) is 3.52. The van der Waals surface area contributed by atoms with Crippen LogP contribution in [0.1, 0.15) is 20.9 Å². The van der Waals surface area contributed by atoms with Gasteiger partial charge in [-0.25, -0.2) is 4.79 Å². The van der Waals surface area contributed by atoms with Crippen molar-refractivity contribution in [1.82, 2.24) is 5.16 Å². The maximum Gasteiger partial charge on any atom is 0.328 e. The summed E-state index contributed by atoms with van der Waals surface area (Å²) in [4.78, 5) is 22.9. The number of nitrogens with one attached hydrogen (secondary N) is 1. The SMILES string of the molecule is Cc1cc(NC(=O)c2csc(C=CC(=O)O)c2)on1. The van der Waals surface area contributed by atoms with Crippen molar-refractivity contribution in [2.75, 3.05) is 5.32 Å². The summed E-state index contributed by atoms with van der Waals surface area (Å²) in [6.07, 6.45) is 2.45. The quantitative estimate of drug-likeness (QED) is 0.838. The van der Waals surface area contributed by atoms with Crippen molar-refractivity contribution in [3.8, 4) is 0 Å². The molecule has 2 N–H and O–H groups in total. The van der Waals surface area contributed by atoms with Gasteiger partial charge in [-0.3, -0.25) is 10.1 Å². The Kier molecular flexibility index (Phi) is 3.76. The molecule has 0 bridgehead atoms. The van der Waals surface area contributed by atoms with E-state index in [1.165, 1.54) is 17.4 Å². The Labute approximate surface area is 112 Å². The van der Waals surface area contributed by atoms with E-state index in [-0.39, 0.29) is 11.8 Å². The molecule has 7 heteroatoms. The van der Waals surface area contributed by atoms with Gasteiger partial charge < -0.3 is 9.63 Å². The first-order chi connectivity index (χ1) is 9.04. The average Bonchev–Trinajstić information content (AvgIpc) is 2.95. The largest absolute Gasteiger partial charge is 0.478 e. The van der Waals surface area contributed by atoms with Crippen molar-refractivity contribution in [3.63, 3.8) is 0 Å². The number of nitrogens with zero attached hydrogens (tertiary/aromatic N) is 1. The van der Waals surface area contributed by atoms with Crippen LogP contribution in [-0.2, 0) is 4.79 Å². The predicted molar refractivity (Wildman–Crippen MR) is 70.2 cm³/mol. The molecule has 0 atom stereocenters. The molecular formula is C12H10N2O4S. The lowest BCUT2D eigenvalue weighted by atomic mass is 10.3. The molecule has 0 spiro atoms. The Morgan fingerprint density at radius 3 is 2.89 bits per heavy atom. The normalized spacial score (nSPS) is 10.8. The molecule has 0 unspecified atom stereocenters. The van der Waals surface area contributed by atoms with Gasteiger partial charge in [0.05, 0.1) is 11.3 Å². The van der Waals surface area contributed by atoms with Crippen LogP contribution in [0.5, 0.6) is 0 Å². The zero-order valence-electron chi connectivity index (χ0n) is 9.91. The highest BCUT2D eigenvalue weighted by atomic mass is 32.1. The lowest BCUT2D eigenvalue weighted by molar-refractivity contribution is -0.131. The number of rotatable bonds is 4. The maximum atomic E-state index is 11.8. The fraction of sp³-hybridized carbons (Fsp3) is 0.0833. The highest BCUT2D eigenvalue weighted by molar-refractivity contribution is 7.11. The van der Waals surface area contributed by atoms with E-state index >= 15 is 0 Å². The molecule has 2 aromatic rings. The van der Waals surface area contributed by atoms with Crippen molar-refractivity contribution in [2.45, 2.75) is 6.92 Å². The molecule has 1 amide bonds. The molecule has 0 aromatic carbocycles. The van der Waals surface area contributed by atoms with Crippen LogP contribution in [0.15, 0.2) is 28.1 Å². The van der Waals surface area contributed by atoms with Crippen molar-refractivity contribution in [3.05, 3.63) is 39.7 Å². The zero-order valence-corrected chi connectivity index (χ0v) is 10.7. The van der Waals surface area contributed by atoms with E-state index in [4.69, 9.17) is 9.63 Å². The van der Waals surface area contributed by atoms with Gasteiger partial charge in [0.2, 0.25) is 5.88 Å². The first-order valence-corrected chi connectivity index (χ1v) is 6.17. The van der Waals surface area contributed by atoms with Crippen LogP contribution in [0, 0.1) is 6.92 Å². The van der Waals surface area contributed by atoms with E-state index in [1.807, 2.05) is 0 Å². The summed E-state index contributed by atoms with van der Waals surface area (Å²) in [5, 5.41) is 16.4. The summed E-state index contributed by atoms with van der Waals surface area (Å²) in [6.45, 7) is 1.75. The van der Waals surface area contributed by atoms with Gasteiger partial charge in [-0.05, 0) is 19.1 Å². The van der Waals surface area contributed by atoms with Gasteiger partial charge in [-0.2, -0.15) is 0 Å². The van der Waals surface area contributed by atoms with E-state index in [9.17, 15) is 9.59 Å². The first-order valence-electron chi connectivity index (χ1n) is 5.29. The molecule has 2 rings (SSSR count). The molecule has 2 heterocycles. The Morgan fingerprint density at radius 1 is 1.47 bits per heavy atom. The number of carbonyl (C=O) groups excluding carboxylic acids is 1. The zero-order chi connectivity index (χ0) is 13.8. The Morgan fingerprint density at radius 2 is 2.26 bits per heavy atom. The van der Waals surface area contributed by atoms with E-state index in [2.05, 4.69) is 10.5 Å². The molecule has 0 radical (unpaired) electrons. The molecule has 0 fully saturated rings. The number of anilines is 1. The lowest BCUT2D eigenvalue weighted by Crippen LogP contribution is -2.09. The summed E-state index contributed by atoms with van der Waals surface area (Å²) < 4.78 is 4.87. The number of aliphatic carboxylic acids is 1. The molecule has 0 aliphatic heterocycles. The fourth-order valence-electron chi connectivity index (χ4n) is 1.32.